The fourth-order valence-corrected chi connectivity index (χ4v) is 0.882. The first-order chi connectivity index (χ1) is 5.86. The van der Waals surface area contributed by atoms with Crippen LogP contribution in [0.5, 0.6) is 0 Å². The molecule has 12 heavy (non-hydrogen) atoms. The van der Waals surface area contributed by atoms with Crippen LogP contribution >= 0.6 is 0 Å². The highest BCUT2D eigenvalue weighted by atomic mass is 16.3. The third kappa shape index (κ3) is 2.48. The summed E-state index contributed by atoms with van der Waals surface area (Å²) in [6, 6.07) is 3.74. The van der Waals surface area contributed by atoms with Crippen molar-refractivity contribution >= 4 is 5.82 Å². The van der Waals surface area contributed by atoms with Gasteiger partial charge in [-0.2, -0.15) is 0 Å². The highest BCUT2D eigenvalue weighted by molar-refractivity contribution is 5.37. The van der Waals surface area contributed by atoms with E-state index in [1.807, 2.05) is 12.1 Å². The minimum absolute atomic E-state index is 0.106. The Balaban J connectivity index is 2.60. The number of aromatic nitrogens is 1. The van der Waals surface area contributed by atoms with E-state index in [9.17, 15) is 0 Å². The molecule has 0 bridgehead atoms. The Labute approximate surface area is 71.4 Å². The molecule has 66 valence electrons. The monoisotopic (exact) mass is 167 g/mol. The Hall–Kier alpha value is -1.13. The van der Waals surface area contributed by atoms with Gasteiger partial charge in [-0.1, -0.05) is 0 Å². The third-order valence-corrected chi connectivity index (χ3v) is 1.48. The summed E-state index contributed by atoms with van der Waals surface area (Å²) in [5.74, 6) is 0.756. The van der Waals surface area contributed by atoms with Crippen molar-refractivity contribution in [3.63, 3.8) is 0 Å². The Morgan fingerprint density at radius 1 is 1.58 bits per heavy atom. The number of nitrogens with zero attached hydrogens (tertiary/aromatic N) is 1. The number of rotatable bonds is 4. The lowest BCUT2D eigenvalue weighted by Crippen LogP contribution is -2.07. The SMILES string of the molecule is NCc1ccnc(NCCO)c1. The fraction of sp³-hybridized carbons (Fsp3) is 0.375. The van der Waals surface area contributed by atoms with Crippen molar-refractivity contribution < 1.29 is 5.11 Å². The molecule has 0 spiro atoms. The number of hydrogen-bond acceptors (Lipinski definition) is 4. The van der Waals surface area contributed by atoms with Crippen molar-refractivity contribution in [2.24, 2.45) is 5.73 Å². The number of aliphatic hydroxyl groups excluding tert-OH is 1. The van der Waals surface area contributed by atoms with Gasteiger partial charge in [-0.3, -0.25) is 0 Å². The van der Waals surface area contributed by atoms with E-state index in [-0.39, 0.29) is 6.61 Å². The van der Waals surface area contributed by atoms with Crippen LogP contribution in [-0.4, -0.2) is 23.2 Å². The van der Waals surface area contributed by atoms with Gasteiger partial charge >= 0.3 is 0 Å². The van der Waals surface area contributed by atoms with E-state index in [1.165, 1.54) is 0 Å². The van der Waals surface area contributed by atoms with E-state index in [1.54, 1.807) is 6.20 Å². The molecule has 0 aliphatic rings. The van der Waals surface area contributed by atoms with Gasteiger partial charge in [0.15, 0.2) is 0 Å². The average molecular weight is 167 g/mol. The predicted molar refractivity (Wildman–Crippen MR) is 47.7 cm³/mol. The molecule has 4 N–H and O–H groups in total. The Bertz CT molecular complexity index is 239. The van der Waals surface area contributed by atoms with Crippen LogP contribution in [0.15, 0.2) is 18.3 Å². The summed E-state index contributed by atoms with van der Waals surface area (Å²) < 4.78 is 0. The van der Waals surface area contributed by atoms with Gasteiger partial charge in [0, 0.05) is 19.3 Å². The van der Waals surface area contributed by atoms with Crippen LogP contribution in [0.25, 0.3) is 0 Å². The topological polar surface area (TPSA) is 71.2 Å². The molecule has 0 radical (unpaired) electrons. The number of nitrogens with two attached hydrogens (primary N) is 1. The molecule has 0 unspecified atom stereocenters. The first-order valence-electron chi connectivity index (χ1n) is 3.86. The molecule has 1 aromatic heterocycles. The van der Waals surface area contributed by atoms with Crippen LogP contribution in [0.3, 0.4) is 0 Å². The molecule has 0 aliphatic heterocycles. The quantitative estimate of drug-likeness (QED) is 0.587. The van der Waals surface area contributed by atoms with Crippen LogP contribution < -0.4 is 11.1 Å². The van der Waals surface area contributed by atoms with Gasteiger partial charge in [0.2, 0.25) is 0 Å². The standard InChI is InChI=1S/C8H13N3O/c9-6-7-1-2-10-8(5-7)11-3-4-12/h1-2,5,12H,3-4,6,9H2,(H,10,11). The molecule has 1 heterocycles. The van der Waals surface area contributed by atoms with Crippen molar-refractivity contribution in [1.29, 1.82) is 0 Å². The number of anilines is 1. The van der Waals surface area contributed by atoms with Crippen molar-refractivity contribution in [2.45, 2.75) is 6.54 Å². The number of hydrogen-bond donors (Lipinski definition) is 3. The average Bonchev–Trinajstić information content (AvgIpc) is 2.15. The maximum absolute atomic E-state index is 8.54. The highest BCUT2D eigenvalue weighted by Crippen LogP contribution is 2.04. The lowest BCUT2D eigenvalue weighted by Gasteiger charge is -2.03. The summed E-state index contributed by atoms with van der Waals surface area (Å²) in [6.45, 7) is 1.13. The molecule has 0 aliphatic carbocycles. The summed E-state index contributed by atoms with van der Waals surface area (Å²) in [7, 11) is 0. The lowest BCUT2D eigenvalue weighted by molar-refractivity contribution is 0.311. The molecule has 1 aromatic rings. The second-order valence-corrected chi connectivity index (χ2v) is 2.40. The van der Waals surface area contributed by atoms with Gasteiger partial charge in [0.05, 0.1) is 6.61 Å². The Morgan fingerprint density at radius 2 is 2.42 bits per heavy atom. The van der Waals surface area contributed by atoms with Gasteiger partial charge in [0.1, 0.15) is 5.82 Å². The molecule has 0 amide bonds. The second kappa shape index (κ2) is 4.69. The van der Waals surface area contributed by atoms with Crippen molar-refractivity contribution in [3.8, 4) is 0 Å². The lowest BCUT2D eigenvalue weighted by atomic mass is 10.2. The maximum Gasteiger partial charge on any atom is 0.126 e. The van der Waals surface area contributed by atoms with E-state index in [4.69, 9.17) is 10.8 Å². The van der Waals surface area contributed by atoms with Gasteiger partial charge < -0.3 is 16.2 Å². The Morgan fingerprint density at radius 3 is 3.08 bits per heavy atom. The molecule has 0 aromatic carbocycles. The molecular formula is C8H13N3O. The molecule has 0 saturated carbocycles. The first-order valence-corrected chi connectivity index (χ1v) is 3.86. The maximum atomic E-state index is 8.54. The summed E-state index contributed by atoms with van der Waals surface area (Å²) >= 11 is 0. The highest BCUT2D eigenvalue weighted by Gasteiger charge is 1.93. The van der Waals surface area contributed by atoms with Gasteiger partial charge in [-0.05, 0) is 17.7 Å². The van der Waals surface area contributed by atoms with Crippen LogP contribution in [0, 0.1) is 0 Å². The molecule has 4 heteroatoms. The Kier molecular flexibility index (Phi) is 3.50. The molecule has 0 fully saturated rings. The van der Waals surface area contributed by atoms with E-state index >= 15 is 0 Å². The summed E-state index contributed by atoms with van der Waals surface area (Å²) in [5.41, 5.74) is 6.48. The van der Waals surface area contributed by atoms with Crippen molar-refractivity contribution in [2.75, 3.05) is 18.5 Å². The van der Waals surface area contributed by atoms with Gasteiger partial charge in [-0.15, -0.1) is 0 Å². The third-order valence-electron chi connectivity index (χ3n) is 1.48. The number of pyridine rings is 1. The number of aliphatic hydroxyl groups is 1. The summed E-state index contributed by atoms with van der Waals surface area (Å²) in [4.78, 5) is 4.05. The first kappa shape index (κ1) is 8.96. The molecule has 0 atom stereocenters. The minimum Gasteiger partial charge on any atom is -0.395 e. The van der Waals surface area contributed by atoms with Crippen LogP contribution in [0.1, 0.15) is 5.56 Å². The van der Waals surface area contributed by atoms with E-state index < -0.39 is 0 Å². The van der Waals surface area contributed by atoms with Crippen molar-refractivity contribution in [3.05, 3.63) is 23.9 Å². The summed E-state index contributed by atoms with van der Waals surface area (Å²) in [5, 5.41) is 11.5. The molecule has 4 nitrogen and oxygen atoms in total. The van der Waals surface area contributed by atoms with E-state index in [0.29, 0.717) is 13.1 Å². The van der Waals surface area contributed by atoms with Gasteiger partial charge in [-0.25, -0.2) is 4.98 Å². The predicted octanol–water partition coefficient (Wildman–Crippen LogP) is -0.0555. The molecule has 0 saturated heterocycles. The second-order valence-electron chi connectivity index (χ2n) is 2.40. The fourth-order valence-electron chi connectivity index (χ4n) is 0.882. The van der Waals surface area contributed by atoms with Crippen LogP contribution in [0.2, 0.25) is 0 Å². The zero-order valence-corrected chi connectivity index (χ0v) is 6.83. The minimum atomic E-state index is 0.106. The zero-order chi connectivity index (χ0) is 8.81. The zero-order valence-electron chi connectivity index (χ0n) is 6.83. The smallest absolute Gasteiger partial charge is 0.126 e. The number of nitrogens with one attached hydrogen (secondary N) is 1. The molecule has 1 rings (SSSR count). The summed E-state index contributed by atoms with van der Waals surface area (Å²) in [6.07, 6.45) is 1.70. The molecular weight excluding hydrogens is 154 g/mol. The van der Waals surface area contributed by atoms with Crippen molar-refractivity contribution in [1.82, 2.24) is 4.98 Å². The largest absolute Gasteiger partial charge is 0.395 e. The van der Waals surface area contributed by atoms with E-state index in [2.05, 4.69) is 10.3 Å². The van der Waals surface area contributed by atoms with Crippen LogP contribution in [-0.2, 0) is 6.54 Å². The normalized spacial score (nSPS) is 9.83. The van der Waals surface area contributed by atoms with Crippen LogP contribution in [0.4, 0.5) is 5.82 Å². The van der Waals surface area contributed by atoms with Gasteiger partial charge in [0.25, 0.3) is 0 Å². The van der Waals surface area contributed by atoms with E-state index in [0.717, 1.165) is 11.4 Å².